The summed E-state index contributed by atoms with van der Waals surface area (Å²) in [5, 5.41) is 0. The van der Waals surface area contributed by atoms with Gasteiger partial charge in [-0.1, -0.05) is 6.07 Å². The Morgan fingerprint density at radius 1 is 1.50 bits per heavy atom. The van der Waals surface area contributed by atoms with E-state index in [4.69, 9.17) is 5.73 Å². The lowest BCUT2D eigenvalue weighted by Gasteiger charge is -2.07. The monoisotopic (exact) mass is 293 g/mol. The van der Waals surface area contributed by atoms with Crippen molar-refractivity contribution in [3.63, 3.8) is 0 Å². The van der Waals surface area contributed by atoms with E-state index in [0.717, 1.165) is 22.8 Å². The van der Waals surface area contributed by atoms with E-state index < -0.39 is 6.04 Å². The summed E-state index contributed by atoms with van der Waals surface area (Å²) in [5.41, 5.74) is 8.87. The second-order valence-corrected chi connectivity index (χ2v) is 5.78. The normalized spacial score (nSPS) is 12.6. The Morgan fingerprint density at radius 3 is 3.05 bits per heavy atom. The number of hydrogen-bond donors (Lipinski definition) is 1. The molecule has 1 atom stereocenters. The van der Waals surface area contributed by atoms with Crippen molar-refractivity contribution < 1.29 is 9.53 Å². The molecule has 0 spiro atoms. The van der Waals surface area contributed by atoms with Crippen LogP contribution < -0.4 is 5.73 Å². The highest BCUT2D eigenvalue weighted by atomic mass is 32.2. The third-order valence-electron chi connectivity index (χ3n) is 2.98. The van der Waals surface area contributed by atoms with Gasteiger partial charge in [-0.2, -0.15) is 11.8 Å². The third kappa shape index (κ3) is 3.74. The Morgan fingerprint density at radius 2 is 2.30 bits per heavy atom. The number of methoxy groups -OCH3 is 1. The van der Waals surface area contributed by atoms with E-state index in [2.05, 4.69) is 28.9 Å². The van der Waals surface area contributed by atoms with Crippen LogP contribution in [0, 0.1) is 6.92 Å². The first kappa shape index (κ1) is 14.9. The predicted octanol–water partition coefficient (Wildman–Crippen LogP) is 1.77. The van der Waals surface area contributed by atoms with Crippen molar-refractivity contribution in [2.75, 3.05) is 12.9 Å². The van der Waals surface area contributed by atoms with Crippen molar-refractivity contribution in [3.05, 3.63) is 35.8 Å². The van der Waals surface area contributed by atoms with Gasteiger partial charge in [0.25, 0.3) is 0 Å². The fourth-order valence-electron chi connectivity index (χ4n) is 1.88. The van der Waals surface area contributed by atoms with Crippen molar-refractivity contribution in [1.82, 2.24) is 9.38 Å². The fourth-order valence-corrected chi connectivity index (χ4v) is 2.79. The number of carbonyl (C=O) groups excluding carboxylic acids is 1. The summed E-state index contributed by atoms with van der Waals surface area (Å²) in [6.45, 7) is 2.06. The Balaban J connectivity index is 1.82. The first-order valence-corrected chi connectivity index (χ1v) is 7.61. The Hall–Kier alpha value is -1.53. The van der Waals surface area contributed by atoms with Crippen molar-refractivity contribution >= 4 is 23.4 Å². The van der Waals surface area contributed by atoms with Crippen LogP contribution in [-0.4, -0.2) is 34.3 Å². The molecule has 2 N–H and O–H groups in total. The van der Waals surface area contributed by atoms with Gasteiger partial charge in [0.1, 0.15) is 11.7 Å². The number of aryl methyl sites for hydroxylation is 1. The van der Waals surface area contributed by atoms with Crippen molar-refractivity contribution in [2.24, 2.45) is 5.73 Å². The van der Waals surface area contributed by atoms with Gasteiger partial charge in [0.05, 0.1) is 12.8 Å². The number of aromatic nitrogens is 2. The number of carbonyl (C=O) groups is 1. The highest BCUT2D eigenvalue weighted by Gasteiger charge is 2.12. The molecule has 0 saturated heterocycles. The smallest absolute Gasteiger partial charge is 0.322 e. The molecular weight excluding hydrogens is 274 g/mol. The molecule has 0 aliphatic carbocycles. The molecule has 0 aromatic carbocycles. The molecular formula is C14H19N3O2S. The SMILES string of the molecule is COC(=O)C(N)CCSCc1cn2cc(C)ccc2n1. The van der Waals surface area contributed by atoms with Crippen LogP contribution >= 0.6 is 11.8 Å². The molecule has 1 unspecified atom stereocenters. The lowest BCUT2D eigenvalue weighted by molar-refractivity contribution is -0.142. The van der Waals surface area contributed by atoms with Gasteiger partial charge in [0.15, 0.2) is 0 Å². The number of nitrogens with two attached hydrogens (primary N) is 1. The maximum Gasteiger partial charge on any atom is 0.322 e. The molecule has 0 amide bonds. The van der Waals surface area contributed by atoms with Crippen LogP contribution in [0.4, 0.5) is 0 Å². The second kappa shape index (κ2) is 6.76. The first-order valence-electron chi connectivity index (χ1n) is 6.45. The molecule has 5 nitrogen and oxygen atoms in total. The molecule has 108 valence electrons. The molecule has 2 heterocycles. The van der Waals surface area contributed by atoms with Crippen LogP contribution in [-0.2, 0) is 15.3 Å². The van der Waals surface area contributed by atoms with Crippen LogP contribution in [0.3, 0.4) is 0 Å². The zero-order valence-corrected chi connectivity index (χ0v) is 12.5. The van der Waals surface area contributed by atoms with Gasteiger partial charge in [-0.3, -0.25) is 4.79 Å². The zero-order chi connectivity index (χ0) is 14.5. The number of fused-ring (bicyclic) bond motifs is 1. The lowest BCUT2D eigenvalue weighted by Crippen LogP contribution is -2.31. The van der Waals surface area contributed by atoms with E-state index in [1.54, 1.807) is 11.8 Å². The quantitative estimate of drug-likeness (QED) is 0.649. The lowest BCUT2D eigenvalue weighted by atomic mass is 10.2. The number of imidazole rings is 1. The largest absolute Gasteiger partial charge is 0.468 e. The number of thioether (sulfide) groups is 1. The number of rotatable bonds is 6. The zero-order valence-electron chi connectivity index (χ0n) is 11.7. The second-order valence-electron chi connectivity index (χ2n) is 4.68. The summed E-state index contributed by atoms with van der Waals surface area (Å²) in [6.07, 6.45) is 4.71. The molecule has 2 aromatic rings. The third-order valence-corrected chi connectivity index (χ3v) is 4.00. The summed E-state index contributed by atoms with van der Waals surface area (Å²) in [7, 11) is 1.36. The van der Waals surface area contributed by atoms with Gasteiger partial charge < -0.3 is 14.9 Å². The van der Waals surface area contributed by atoms with Crippen LogP contribution in [0.25, 0.3) is 5.65 Å². The van der Waals surface area contributed by atoms with Gasteiger partial charge >= 0.3 is 5.97 Å². The highest BCUT2D eigenvalue weighted by Crippen LogP contribution is 2.15. The molecule has 0 aliphatic heterocycles. The number of hydrogen-bond acceptors (Lipinski definition) is 5. The van der Waals surface area contributed by atoms with E-state index in [1.807, 2.05) is 16.7 Å². The predicted molar refractivity (Wildman–Crippen MR) is 80.7 cm³/mol. The minimum Gasteiger partial charge on any atom is -0.468 e. The number of nitrogens with zero attached hydrogens (tertiary/aromatic N) is 2. The van der Waals surface area contributed by atoms with E-state index in [1.165, 1.54) is 12.7 Å². The van der Waals surface area contributed by atoms with E-state index >= 15 is 0 Å². The number of pyridine rings is 1. The number of esters is 1. The average molecular weight is 293 g/mol. The number of ether oxygens (including phenoxy) is 1. The molecule has 0 fully saturated rings. The average Bonchev–Trinajstić information content (AvgIpc) is 2.84. The Labute approximate surface area is 122 Å². The first-order chi connectivity index (χ1) is 9.60. The van der Waals surface area contributed by atoms with E-state index in [-0.39, 0.29) is 5.97 Å². The minimum atomic E-state index is -0.531. The minimum absolute atomic E-state index is 0.353. The summed E-state index contributed by atoms with van der Waals surface area (Å²) >= 11 is 1.72. The molecule has 0 saturated carbocycles. The summed E-state index contributed by atoms with van der Waals surface area (Å²) in [5.74, 6) is 1.27. The van der Waals surface area contributed by atoms with Gasteiger partial charge in [0, 0.05) is 18.1 Å². The highest BCUT2D eigenvalue weighted by molar-refractivity contribution is 7.98. The topological polar surface area (TPSA) is 69.6 Å². The summed E-state index contributed by atoms with van der Waals surface area (Å²) in [4.78, 5) is 15.7. The van der Waals surface area contributed by atoms with Gasteiger partial charge in [0.2, 0.25) is 0 Å². The molecule has 2 rings (SSSR count). The van der Waals surface area contributed by atoms with Gasteiger partial charge in [-0.05, 0) is 30.7 Å². The Bertz CT molecular complexity index is 597. The van der Waals surface area contributed by atoms with Crippen molar-refractivity contribution in [3.8, 4) is 0 Å². The summed E-state index contributed by atoms with van der Waals surface area (Å²) < 4.78 is 6.62. The maximum atomic E-state index is 11.2. The molecule has 0 radical (unpaired) electrons. The van der Waals surface area contributed by atoms with Gasteiger partial charge in [-0.15, -0.1) is 0 Å². The van der Waals surface area contributed by atoms with Crippen LogP contribution in [0.1, 0.15) is 17.7 Å². The molecule has 6 heteroatoms. The van der Waals surface area contributed by atoms with Gasteiger partial charge in [-0.25, -0.2) is 4.98 Å². The van der Waals surface area contributed by atoms with Crippen molar-refractivity contribution in [1.29, 1.82) is 0 Å². The van der Waals surface area contributed by atoms with E-state index in [9.17, 15) is 4.79 Å². The van der Waals surface area contributed by atoms with Crippen LogP contribution in [0.15, 0.2) is 24.5 Å². The standard InChI is InChI=1S/C14H19N3O2S/c1-10-3-4-13-16-11(8-17(13)7-10)9-20-6-5-12(15)14(18)19-2/h3-4,7-8,12H,5-6,9,15H2,1-2H3. The maximum absolute atomic E-state index is 11.2. The van der Waals surface area contributed by atoms with Crippen LogP contribution in [0.2, 0.25) is 0 Å². The fraction of sp³-hybridized carbons (Fsp3) is 0.429. The van der Waals surface area contributed by atoms with Crippen molar-refractivity contribution in [2.45, 2.75) is 25.1 Å². The summed E-state index contributed by atoms with van der Waals surface area (Å²) in [6, 6.07) is 3.53. The molecule has 2 aromatic heterocycles. The Kier molecular flexibility index (Phi) is 5.03. The molecule has 20 heavy (non-hydrogen) atoms. The van der Waals surface area contributed by atoms with E-state index in [0.29, 0.717) is 6.42 Å². The molecule has 0 bridgehead atoms. The van der Waals surface area contributed by atoms with Crippen LogP contribution in [0.5, 0.6) is 0 Å². The molecule has 0 aliphatic rings.